The fourth-order valence-electron chi connectivity index (χ4n) is 4.54. The average Bonchev–Trinajstić information content (AvgIpc) is 3.25. The van der Waals surface area contributed by atoms with E-state index in [0.29, 0.717) is 19.6 Å². The predicted molar refractivity (Wildman–Crippen MR) is 126 cm³/mol. The average molecular weight is 523 g/mol. The summed E-state index contributed by atoms with van der Waals surface area (Å²) in [5.74, 6) is -1.05. The molecule has 10 nitrogen and oxygen atoms in total. The van der Waals surface area contributed by atoms with Gasteiger partial charge in [-0.15, -0.1) is 0 Å². The van der Waals surface area contributed by atoms with E-state index in [4.69, 9.17) is 4.74 Å². The zero-order valence-corrected chi connectivity index (χ0v) is 20.6. The van der Waals surface area contributed by atoms with Crippen LogP contribution in [0.3, 0.4) is 0 Å². The Bertz CT molecular complexity index is 1170. The molecule has 0 saturated carbocycles. The lowest BCUT2D eigenvalue weighted by Crippen LogP contribution is -2.59. The molecule has 4 rings (SSSR count). The van der Waals surface area contributed by atoms with Gasteiger partial charge in [0.1, 0.15) is 12.4 Å². The summed E-state index contributed by atoms with van der Waals surface area (Å²) in [6.07, 6.45) is -1.13. The minimum atomic E-state index is -4.63. The number of aryl methyl sites for hydroxylation is 1. The van der Waals surface area contributed by atoms with Crippen LogP contribution >= 0.6 is 0 Å². The number of alkyl halides is 3. The number of hydrogen-bond acceptors (Lipinski definition) is 6. The van der Waals surface area contributed by atoms with Crippen molar-refractivity contribution in [3.8, 4) is 5.75 Å². The smallest absolute Gasteiger partial charge is 0.416 e. The highest BCUT2D eigenvalue weighted by Crippen LogP contribution is 2.33. The van der Waals surface area contributed by atoms with Crippen LogP contribution < -0.4 is 10.1 Å². The molecule has 2 aliphatic rings. The Morgan fingerprint density at radius 3 is 2.68 bits per heavy atom. The van der Waals surface area contributed by atoms with Gasteiger partial charge in [-0.25, -0.2) is 0 Å². The summed E-state index contributed by atoms with van der Waals surface area (Å²) in [5.41, 5.74) is -0.345. The molecule has 3 amide bonds. The third kappa shape index (κ3) is 6.40. The van der Waals surface area contributed by atoms with Crippen LogP contribution in [0.2, 0.25) is 0 Å². The molecule has 200 valence electrons. The number of hydrogen-bond donors (Lipinski definition) is 1. The summed E-state index contributed by atoms with van der Waals surface area (Å²) in [6, 6.07) is 2.20. The molecule has 37 heavy (non-hydrogen) atoms. The van der Waals surface area contributed by atoms with Crippen LogP contribution in [0.4, 0.5) is 13.2 Å². The number of rotatable bonds is 2. The van der Waals surface area contributed by atoms with Crippen molar-refractivity contribution in [3.63, 3.8) is 0 Å². The van der Waals surface area contributed by atoms with Crippen LogP contribution in [0.25, 0.3) is 0 Å². The number of halogens is 3. The molecule has 1 saturated heterocycles. The van der Waals surface area contributed by atoms with Crippen molar-refractivity contribution in [1.82, 2.24) is 29.8 Å². The number of amides is 3. The summed E-state index contributed by atoms with van der Waals surface area (Å²) in [6.45, 7) is 3.03. The fraction of sp³-hybridized carbons (Fsp3) is 0.500. The Balaban J connectivity index is 1.65. The summed E-state index contributed by atoms with van der Waals surface area (Å²) >= 11 is 0. The van der Waals surface area contributed by atoms with E-state index < -0.39 is 23.7 Å². The molecular formula is C24H29F3N6O4. The predicted octanol–water partition coefficient (Wildman–Crippen LogP) is 1.12. The minimum Gasteiger partial charge on any atom is -0.491 e. The third-order valence-electron chi connectivity index (χ3n) is 6.47. The van der Waals surface area contributed by atoms with Gasteiger partial charge in [-0.2, -0.15) is 18.3 Å². The van der Waals surface area contributed by atoms with Gasteiger partial charge < -0.3 is 19.9 Å². The third-order valence-corrected chi connectivity index (χ3v) is 6.47. The zero-order valence-electron chi connectivity index (χ0n) is 20.6. The lowest BCUT2D eigenvalue weighted by atomic mass is 10.1. The van der Waals surface area contributed by atoms with Crippen LogP contribution in [0, 0.1) is 0 Å². The van der Waals surface area contributed by atoms with Crippen LogP contribution in [0.15, 0.2) is 30.6 Å². The fourth-order valence-corrected chi connectivity index (χ4v) is 4.54. The van der Waals surface area contributed by atoms with E-state index in [1.807, 2.05) is 11.1 Å². The summed E-state index contributed by atoms with van der Waals surface area (Å²) in [7, 11) is 1.78. The number of nitrogens with zero attached hydrogens (tertiary/aromatic N) is 5. The number of carbonyl (C=O) groups is 3. The van der Waals surface area contributed by atoms with Crippen LogP contribution in [0.5, 0.6) is 5.75 Å². The highest BCUT2D eigenvalue weighted by Gasteiger charge is 2.35. The van der Waals surface area contributed by atoms with E-state index in [1.54, 1.807) is 27.7 Å². The van der Waals surface area contributed by atoms with E-state index in [-0.39, 0.29) is 55.9 Å². The van der Waals surface area contributed by atoms with Crippen molar-refractivity contribution in [2.45, 2.75) is 25.7 Å². The number of carbonyl (C=O) groups excluding carboxylic acids is 3. The lowest BCUT2D eigenvalue weighted by molar-refractivity contribution is -0.143. The van der Waals surface area contributed by atoms with Gasteiger partial charge in [-0.1, -0.05) is 0 Å². The van der Waals surface area contributed by atoms with Gasteiger partial charge in [0.2, 0.25) is 11.8 Å². The standard InChI is InChI=1S/C24H29F3N6O4/c1-16(34)32-7-8-33-19(13-32)15-37-21-4-3-18(24(25,26)27)9-20(21)23(36)28-5-6-31(14-22(33)35)12-17-10-29-30(2)11-17/h3-4,9-11,19H,5-8,12-15H2,1-2H3,(H,28,36)/t19-/m0/s1. The minimum absolute atomic E-state index is 0.0238. The van der Waals surface area contributed by atoms with Crippen molar-refractivity contribution in [1.29, 1.82) is 0 Å². The van der Waals surface area contributed by atoms with E-state index in [9.17, 15) is 27.6 Å². The highest BCUT2D eigenvalue weighted by molar-refractivity contribution is 5.97. The summed E-state index contributed by atoms with van der Waals surface area (Å²) in [4.78, 5) is 43.4. The first kappa shape index (κ1) is 26.5. The largest absolute Gasteiger partial charge is 0.491 e. The number of aromatic nitrogens is 2. The Morgan fingerprint density at radius 2 is 2.00 bits per heavy atom. The molecule has 2 aromatic rings. The second kappa shape index (κ2) is 10.8. The molecule has 1 fully saturated rings. The molecule has 3 heterocycles. The van der Waals surface area contributed by atoms with Gasteiger partial charge in [0.25, 0.3) is 5.91 Å². The quantitative estimate of drug-likeness (QED) is 0.635. The molecule has 0 spiro atoms. The normalized spacial score (nSPS) is 20.1. The monoisotopic (exact) mass is 522 g/mol. The zero-order chi connectivity index (χ0) is 26.7. The number of fused-ring (bicyclic) bond motifs is 2. The van der Waals surface area contributed by atoms with Crippen LogP contribution in [-0.2, 0) is 29.4 Å². The molecule has 1 aromatic heterocycles. The van der Waals surface area contributed by atoms with Gasteiger partial charge in [0.05, 0.1) is 29.9 Å². The Hall–Kier alpha value is -3.61. The van der Waals surface area contributed by atoms with Gasteiger partial charge in [0.15, 0.2) is 0 Å². The van der Waals surface area contributed by atoms with E-state index >= 15 is 0 Å². The van der Waals surface area contributed by atoms with E-state index in [1.165, 1.54) is 6.92 Å². The molecule has 1 atom stereocenters. The second-order valence-corrected chi connectivity index (χ2v) is 9.21. The van der Waals surface area contributed by atoms with Gasteiger partial charge in [-0.3, -0.25) is 24.0 Å². The summed E-state index contributed by atoms with van der Waals surface area (Å²) < 4.78 is 47.5. The SMILES string of the molecule is CC(=O)N1CCN2C(=O)CN(Cc3cnn(C)c3)CCNC(=O)c3cc(C(F)(F)F)ccc3OC[C@@H]2C1. The summed E-state index contributed by atoms with van der Waals surface area (Å²) in [5, 5.41) is 6.80. The Labute approximate surface area is 211 Å². The molecular weight excluding hydrogens is 493 g/mol. The van der Waals surface area contributed by atoms with Gasteiger partial charge in [0, 0.05) is 65.0 Å². The molecule has 13 heteroatoms. The van der Waals surface area contributed by atoms with Gasteiger partial charge in [-0.05, 0) is 18.2 Å². The van der Waals surface area contributed by atoms with Crippen LogP contribution in [0.1, 0.15) is 28.4 Å². The maximum atomic E-state index is 13.4. The van der Waals surface area contributed by atoms with Crippen molar-refractivity contribution in [2.24, 2.45) is 7.05 Å². The topological polar surface area (TPSA) is 100 Å². The Morgan fingerprint density at radius 1 is 1.22 bits per heavy atom. The first-order valence-electron chi connectivity index (χ1n) is 11.9. The second-order valence-electron chi connectivity index (χ2n) is 9.21. The first-order valence-corrected chi connectivity index (χ1v) is 11.9. The van der Waals surface area contributed by atoms with Crippen molar-refractivity contribution >= 4 is 17.7 Å². The molecule has 0 aliphatic carbocycles. The molecule has 0 unspecified atom stereocenters. The molecule has 1 N–H and O–H groups in total. The molecule has 0 bridgehead atoms. The maximum Gasteiger partial charge on any atom is 0.416 e. The van der Waals surface area contributed by atoms with Crippen molar-refractivity contribution in [2.75, 3.05) is 45.9 Å². The maximum absolute atomic E-state index is 13.4. The first-order chi connectivity index (χ1) is 17.5. The molecule has 0 radical (unpaired) electrons. The highest BCUT2D eigenvalue weighted by atomic mass is 19.4. The number of nitrogens with one attached hydrogen (secondary N) is 1. The Kier molecular flexibility index (Phi) is 7.71. The number of ether oxygens (including phenoxy) is 1. The number of benzene rings is 1. The molecule has 2 aliphatic heterocycles. The van der Waals surface area contributed by atoms with Gasteiger partial charge >= 0.3 is 6.18 Å². The number of piperazine rings is 1. The van der Waals surface area contributed by atoms with E-state index in [0.717, 1.165) is 23.8 Å². The van der Waals surface area contributed by atoms with Crippen LogP contribution in [-0.4, -0.2) is 94.1 Å². The van der Waals surface area contributed by atoms with Crippen molar-refractivity contribution in [3.05, 3.63) is 47.3 Å². The lowest BCUT2D eigenvalue weighted by Gasteiger charge is -2.41. The van der Waals surface area contributed by atoms with Crippen molar-refractivity contribution < 1.29 is 32.3 Å². The molecule has 1 aromatic carbocycles. The van der Waals surface area contributed by atoms with E-state index in [2.05, 4.69) is 10.4 Å².